The van der Waals surface area contributed by atoms with Crippen LogP contribution in [0.2, 0.25) is 19.6 Å². The zero-order valence-corrected chi connectivity index (χ0v) is 31.9. The van der Waals surface area contributed by atoms with E-state index >= 15 is 0 Å². The van der Waals surface area contributed by atoms with Crippen LogP contribution in [0.1, 0.15) is 0 Å². The highest BCUT2D eigenvalue weighted by molar-refractivity contribution is 6.88. The highest BCUT2D eigenvalue weighted by Crippen LogP contribution is 2.39. The number of rotatable bonds is 8. The summed E-state index contributed by atoms with van der Waals surface area (Å²) in [5, 5.41) is 3.99. The third kappa shape index (κ3) is 6.33. The second-order valence-corrected chi connectivity index (χ2v) is 20.2. The maximum atomic E-state index is 2.41. The molecule has 0 spiro atoms. The molecule has 0 saturated carbocycles. The van der Waals surface area contributed by atoms with E-state index in [1.165, 1.54) is 66.1 Å². The fourth-order valence-electron chi connectivity index (χ4n) is 7.66. The average Bonchev–Trinajstić information content (AvgIpc) is 3.56. The molecule has 9 aromatic rings. The van der Waals surface area contributed by atoms with Gasteiger partial charge in [0.05, 0.1) is 19.1 Å². The Labute approximate surface area is 319 Å². The van der Waals surface area contributed by atoms with Gasteiger partial charge in [0.1, 0.15) is 0 Å². The number of para-hydroxylation sites is 2. The first-order valence-electron chi connectivity index (χ1n) is 18.8. The lowest BCUT2D eigenvalue weighted by Gasteiger charge is -2.26. The molecule has 3 heteroatoms. The summed E-state index contributed by atoms with van der Waals surface area (Å²) in [6.07, 6.45) is 0. The van der Waals surface area contributed by atoms with E-state index in [-0.39, 0.29) is 0 Å². The van der Waals surface area contributed by atoms with Gasteiger partial charge in [-0.05, 0) is 100 Å². The van der Waals surface area contributed by atoms with Crippen molar-refractivity contribution in [3.63, 3.8) is 0 Å². The fraction of sp³-hybridized carbons (Fsp3) is 0.0588. The summed E-state index contributed by atoms with van der Waals surface area (Å²) in [7, 11) is -1.42. The van der Waals surface area contributed by atoms with Crippen LogP contribution >= 0.6 is 0 Å². The van der Waals surface area contributed by atoms with Crippen LogP contribution in [-0.2, 0) is 0 Å². The van der Waals surface area contributed by atoms with E-state index in [2.05, 4.69) is 229 Å². The molecule has 0 fully saturated rings. The Balaban J connectivity index is 1.09. The highest BCUT2D eigenvalue weighted by atomic mass is 28.3. The number of anilines is 3. The maximum Gasteiger partial charge on any atom is 0.0776 e. The van der Waals surface area contributed by atoms with Gasteiger partial charge in [-0.1, -0.05) is 158 Å². The molecule has 0 radical (unpaired) electrons. The van der Waals surface area contributed by atoms with Gasteiger partial charge in [-0.25, -0.2) is 0 Å². The SMILES string of the molecule is C[Si](C)(C)c1cccc(-c2ccc(N(c3ccc(-c4ccccc4)cc3)c3ccc(-c4ccc5c(c4)c4ccccc4n5-c4ccccc4)cc3)cc2)c1. The predicted octanol–water partition coefficient (Wildman–Crippen LogP) is 13.8. The number of nitrogens with zero attached hydrogens (tertiary/aromatic N) is 2. The summed E-state index contributed by atoms with van der Waals surface area (Å²) in [6.45, 7) is 7.22. The number of benzene rings is 8. The van der Waals surface area contributed by atoms with Crippen molar-refractivity contribution in [2.24, 2.45) is 0 Å². The van der Waals surface area contributed by atoms with Crippen LogP contribution in [0.3, 0.4) is 0 Å². The quantitative estimate of drug-likeness (QED) is 0.143. The minimum absolute atomic E-state index is 1.11. The summed E-state index contributed by atoms with van der Waals surface area (Å²) in [6, 6.07) is 72.9. The van der Waals surface area contributed by atoms with Crippen LogP contribution in [0.5, 0.6) is 0 Å². The van der Waals surface area contributed by atoms with E-state index in [4.69, 9.17) is 0 Å². The molecule has 0 aliphatic rings. The van der Waals surface area contributed by atoms with Crippen molar-refractivity contribution in [1.29, 1.82) is 0 Å². The van der Waals surface area contributed by atoms with Crippen molar-refractivity contribution < 1.29 is 0 Å². The van der Waals surface area contributed by atoms with Crippen LogP contribution in [0.25, 0.3) is 60.9 Å². The van der Waals surface area contributed by atoms with E-state index in [0.29, 0.717) is 0 Å². The van der Waals surface area contributed by atoms with Gasteiger partial charge in [0.15, 0.2) is 0 Å². The standard InChI is InChI=1S/C51H42N2Si/c1-54(2,3)47-18-12-15-41(35-47)39-23-30-45(31-24-39)52(44-28-21-38(22-29-44)37-13-6-4-7-14-37)46-32-25-40(26-33-46)42-27-34-51-49(36-42)48-19-10-11-20-50(48)53(51)43-16-8-5-9-17-43/h4-36H,1-3H3. The molecule has 2 nitrogen and oxygen atoms in total. The summed E-state index contributed by atoms with van der Waals surface area (Å²) in [5.41, 5.74) is 14.3. The van der Waals surface area contributed by atoms with Gasteiger partial charge in [0.2, 0.25) is 0 Å². The normalized spacial score (nSPS) is 11.6. The Morgan fingerprint density at radius 2 is 0.796 bits per heavy atom. The van der Waals surface area contributed by atoms with Gasteiger partial charge < -0.3 is 9.47 Å². The molecule has 0 saturated heterocycles. The van der Waals surface area contributed by atoms with Gasteiger partial charge in [0, 0.05) is 33.5 Å². The molecule has 0 aliphatic carbocycles. The zero-order valence-electron chi connectivity index (χ0n) is 30.9. The van der Waals surface area contributed by atoms with E-state index in [1.807, 2.05) is 0 Å². The molecular formula is C51H42N2Si. The Morgan fingerprint density at radius 1 is 0.352 bits per heavy atom. The lowest BCUT2D eigenvalue weighted by atomic mass is 10.0. The predicted molar refractivity (Wildman–Crippen MR) is 235 cm³/mol. The molecule has 8 aromatic carbocycles. The maximum absolute atomic E-state index is 2.41. The zero-order chi connectivity index (χ0) is 36.6. The van der Waals surface area contributed by atoms with Gasteiger partial charge in [-0.3, -0.25) is 0 Å². The highest BCUT2D eigenvalue weighted by Gasteiger charge is 2.18. The average molecular weight is 711 g/mol. The van der Waals surface area contributed by atoms with Crippen molar-refractivity contribution in [2.75, 3.05) is 4.90 Å². The number of hydrogen-bond acceptors (Lipinski definition) is 1. The first-order valence-corrected chi connectivity index (χ1v) is 22.3. The molecule has 0 aliphatic heterocycles. The molecule has 0 bridgehead atoms. The molecule has 1 heterocycles. The van der Waals surface area contributed by atoms with Crippen molar-refractivity contribution in [2.45, 2.75) is 19.6 Å². The fourth-order valence-corrected chi connectivity index (χ4v) is 8.84. The molecule has 0 N–H and O–H groups in total. The third-order valence-electron chi connectivity index (χ3n) is 10.6. The van der Waals surface area contributed by atoms with Crippen molar-refractivity contribution in [3.05, 3.63) is 200 Å². The van der Waals surface area contributed by atoms with Gasteiger partial charge in [0.25, 0.3) is 0 Å². The second-order valence-electron chi connectivity index (χ2n) is 15.1. The van der Waals surface area contributed by atoms with Crippen LogP contribution in [0, 0.1) is 0 Å². The Hall–Kier alpha value is -6.42. The van der Waals surface area contributed by atoms with E-state index < -0.39 is 8.07 Å². The van der Waals surface area contributed by atoms with Gasteiger partial charge >= 0.3 is 0 Å². The Kier molecular flexibility index (Phi) is 8.57. The van der Waals surface area contributed by atoms with Crippen molar-refractivity contribution >= 4 is 52.1 Å². The van der Waals surface area contributed by atoms with Crippen LogP contribution in [0.4, 0.5) is 17.1 Å². The molecule has 260 valence electrons. The lowest BCUT2D eigenvalue weighted by Crippen LogP contribution is -2.37. The Morgan fingerprint density at radius 3 is 1.39 bits per heavy atom. The summed E-state index contributed by atoms with van der Waals surface area (Å²) >= 11 is 0. The monoisotopic (exact) mass is 710 g/mol. The van der Waals surface area contributed by atoms with Gasteiger partial charge in [-0.15, -0.1) is 0 Å². The van der Waals surface area contributed by atoms with Crippen molar-refractivity contribution in [3.8, 4) is 39.1 Å². The number of hydrogen-bond donors (Lipinski definition) is 0. The lowest BCUT2D eigenvalue weighted by molar-refractivity contribution is 1.18. The minimum Gasteiger partial charge on any atom is -0.311 e. The first-order chi connectivity index (χ1) is 26.4. The van der Waals surface area contributed by atoms with Crippen LogP contribution < -0.4 is 10.1 Å². The Bertz CT molecular complexity index is 2710. The topological polar surface area (TPSA) is 8.17 Å². The van der Waals surface area contributed by atoms with E-state index in [1.54, 1.807) is 0 Å². The first kappa shape index (κ1) is 33.4. The third-order valence-corrected chi connectivity index (χ3v) is 12.6. The molecule has 0 unspecified atom stereocenters. The number of aromatic nitrogens is 1. The summed E-state index contributed by atoms with van der Waals surface area (Å²) in [4.78, 5) is 2.36. The van der Waals surface area contributed by atoms with Crippen LogP contribution in [0.15, 0.2) is 200 Å². The molecule has 0 atom stereocenters. The molecule has 1 aromatic heterocycles. The van der Waals surface area contributed by atoms with E-state index in [9.17, 15) is 0 Å². The second kappa shape index (κ2) is 13.9. The van der Waals surface area contributed by atoms with Gasteiger partial charge in [-0.2, -0.15) is 0 Å². The molecule has 9 rings (SSSR count). The largest absolute Gasteiger partial charge is 0.311 e. The molecule has 0 amide bonds. The summed E-state index contributed by atoms with van der Waals surface area (Å²) in [5.74, 6) is 0. The van der Waals surface area contributed by atoms with Crippen LogP contribution in [-0.4, -0.2) is 12.6 Å². The smallest absolute Gasteiger partial charge is 0.0776 e. The number of fused-ring (bicyclic) bond motifs is 3. The molecular weight excluding hydrogens is 669 g/mol. The van der Waals surface area contributed by atoms with E-state index in [0.717, 1.165) is 17.1 Å². The van der Waals surface area contributed by atoms with Crippen molar-refractivity contribution in [1.82, 2.24) is 4.57 Å². The molecule has 54 heavy (non-hydrogen) atoms. The summed E-state index contributed by atoms with van der Waals surface area (Å²) < 4.78 is 2.37. The minimum atomic E-state index is -1.42.